The molecule has 0 saturated carbocycles. The average molecular weight is 334 g/mol. The van der Waals surface area contributed by atoms with Crippen molar-refractivity contribution in [3.05, 3.63) is 17.0 Å². The molecule has 1 heterocycles. The third kappa shape index (κ3) is 4.39. The summed E-state index contributed by atoms with van der Waals surface area (Å²) < 4.78 is 18.1. The van der Waals surface area contributed by atoms with E-state index in [0.29, 0.717) is 4.21 Å². The maximum atomic E-state index is 12.8. The van der Waals surface area contributed by atoms with Crippen molar-refractivity contribution in [2.24, 2.45) is 9.17 Å². The minimum Gasteiger partial charge on any atom is -0.304 e. The molecule has 1 unspecified atom stereocenters. The quantitative estimate of drug-likeness (QED) is 0.857. The Kier molecular flexibility index (Phi) is 5.25. The van der Waals surface area contributed by atoms with Gasteiger partial charge in [-0.25, -0.2) is 9.35 Å². The summed E-state index contributed by atoms with van der Waals surface area (Å²) in [5.41, 5.74) is 0. The van der Waals surface area contributed by atoms with Crippen LogP contribution in [0.15, 0.2) is 20.4 Å². The second-order valence-electron chi connectivity index (χ2n) is 6.93. The fourth-order valence-corrected chi connectivity index (χ4v) is 7.85. The Labute approximate surface area is 128 Å². The van der Waals surface area contributed by atoms with Crippen LogP contribution in [0.1, 0.15) is 25.6 Å². The summed E-state index contributed by atoms with van der Waals surface area (Å²) in [6.07, 6.45) is 0. The van der Waals surface area contributed by atoms with Crippen LogP contribution in [0.5, 0.6) is 0 Å². The zero-order valence-electron chi connectivity index (χ0n) is 13.6. The highest BCUT2D eigenvalue weighted by Gasteiger charge is 2.37. The topological polar surface area (TPSA) is 58.7 Å². The highest BCUT2D eigenvalue weighted by molar-refractivity contribution is 7.94. The molecule has 7 heteroatoms. The van der Waals surface area contributed by atoms with E-state index in [9.17, 15) is 4.21 Å². The zero-order valence-corrected chi connectivity index (χ0v) is 16.2. The molecule has 0 fully saturated rings. The minimum absolute atomic E-state index is 0.0404. The average Bonchev–Trinajstić information content (AvgIpc) is 2.62. The van der Waals surface area contributed by atoms with Gasteiger partial charge < -0.3 is 4.90 Å². The van der Waals surface area contributed by atoms with Crippen LogP contribution in [0.4, 0.5) is 0 Å². The van der Waals surface area contributed by atoms with Gasteiger partial charge in [0.05, 0.1) is 0 Å². The molecule has 1 aromatic heterocycles. The van der Waals surface area contributed by atoms with Crippen molar-refractivity contribution >= 4 is 29.5 Å². The van der Waals surface area contributed by atoms with Crippen molar-refractivity contribution in [3.8, 4) is 0 Å². The maximum absolute atomic E-state index is 12.8. The van der Waals surface area contributed by atoms with Gasteiger partial charge in [-0.1, -0.05) is 20.8 Å². The van der Waals surface area contributed by atoms with Crippen molar-refractivity contribution in [1.29, 1.82) is 0 Å². The molecule has 1 aromatic rings. The highest BCUT2D eigenvalue weighted by atomic mass is 32.2. The smallest absolute Gasteiger partial charge is 0.195 e. The minimum atomic E-state index is -2.78. The summed E-state index contributed by atoms with van der Waals surface area (Å²) in [4.78, 5) is 3.24. The summed E-state index contributed by atoms with van der Waals surface area (Å²) in [7, 11) is -0.778. The molecule has 0 bridgehead atoms. The van der Waals surface area contributed by atoms with Crippen LogP contribution in [0.25, 0.3) is 0 Å². The van der Waals surface area contributed by atoms with E-state index in [0.717, 1.165) is 11.4 Å². The molecule has 0 amide bonds. The maximum Gasteiger partial charge on any atom is 0.195 e. The van der Waals surface area contributed by atoms with Crippen LogP contribution >= 0.6 is 11.3 Å². The predicted molar refractivity (Wildman–Crippen MR) is 91.9 cm³/mol. The second kappa shape index (κ2) is 5.88. The van der Waals surface area contributed by atoms with Crippen LogP contribution in [0, 0.1) is 0 Å². The van der Waals surface area contributed by atoms with Gasteiger partial charge in [0.25, 0.3) is 0 Å². The lowest BCUT2D eigenvalue weighted by atomic mass is 10.2. The number of hydrogen-bond acceptors (Lipinski definition) is 4. The monoisotopic (exact) mass is 333 g/mol. The SMILES string of the molecule is CN(C)Cc1ccc(S(N)(=O)=N[Si](C)(C)C(C)(C)C)s1. The van der Waals surface area contributed by atoms with Gasteiger partial charge in [-0.05, 0) is 44.4 Å². The molecule has 0 aromatic carbocycles. The molecule has 116 valence electrons. The molecule has 0 saturated heterocycles. The Morgan fingerprint density at radius 3 is 2.35 bits per heavy atom. The third-order valence-electron chi connectivity index (χ3n) is 3.60. The molecule has 1 rings (SSSR count). The first-order valence-electron chi connectivity index (χ1n) is 6.65. The Morgan fingerprint density at radius 1 is 1.35 bits per heavy atom. The Bertz CT molecular complexity index is 579. The fourth-order valence-electron chi connectivity index (χ4n) is 1.43. The normalized spacial score (nSPS) is 16.2. The van der Waals surface area contributed by atoms with E-state index in [1.54, 1.807) is 0 Å². The van der Waals surface area contributed by atoms with Crippen molar-refractivity contribution in [2.45, 2.75) is 49.7 Å². The molecule has 2 N–H and O–H groups in total. The molecule has 1 atom stereocenters. The zero-order chi connectivity index (χ0) is 15.8. The Balaban J connectivity index is 3.17. The van der Waals surface area contributed by atoms with Gasteiger partial charge in [0.15, 0.2) is 8.24 Å². The van der Waals surface area contributed by atoms with Crippen molar-refractivity contribution in [2.75, 3.05) is 14.1 Å². The lowest BCUT2D eigenvalue weighted by Crippen LogP contribution is -2.37. The first-order chi connectivity index (χ1) is 8.85. The third-order valence-corrected chi connectivity index (χ3v) is 12.7. The van der Waals surface area contributed by atoms with Gasteiger partial charge in [-0.2, -0.15) is 0 Å². The molecular weight excluding hydrogens is 306 g/mol. The van der Waals surface area contributed by atoms with E-state index in [1.165, 1.54) is 11.3 Å². The van der Waals surface area contributed by atoms with Crippen LogP contribution < -0.4 is 5.14 Å². The van der Waals surface area contributed by atoms with E-state index in [-0.39, 0.29) is 5.04 Å². The summed E-state index contributed by atoms with van der Waals surface area (Å²) in [5.74, 6) is 0. The second-order valence-corrected chi connectivity index (χ2v) is 15.3. The molecule has 0 aliphatic heterocycles. The number of thiophene rings is 1. The van der Waals surface area contributed by atoms with Gasteiger partial charge in [-0.3, -0.25) is 4.03 Å². The molecule has 0 aliphatic carbocycles. The Hall–Kier alpha value is -0.213. The van der Waals surface area contributed by atoms with Gasteiger partial charge in [0.2, 0.25) is 0 Å². The summed E-state index contributed by atoms with van der Waals surface area (Å²) in [6.45, 7) is 11.5. The predicted octanol–water partition coefficient (Wildman–Crippen LogP) is 3.52. The largest absolute Gasteiger partial charge is 0.304 e. The van der Waals surface area contributed by atoms with E-state index < -0.39 is 18.2 Å². The van der Waals surface area contributed by atoms with Gasteiger partial charge in [0.1, 0.15) is 14.1 Å². The number of nitrogens with zero attached hydrogens (tertiary/aromatic N) is 2. The van der Waals surface area contributed by atoms with Crippen molar-refractivity contribution in [3.63, 3.8) is 0 Å². The summed E-state index contributed by atoms with van der Waals surface area (Å²) in [6, 6.07) is 3.86. The molecular formula is C13H27N3OS2Si. The molecule has 20 heavy (non-hydrogen) atoms. The summed E-state index contributed by atoms with van der Waals surface area (Å²) in [5, 5.41) is 6.10. The Morgan fingerprint density at radius 2 is 1.90 bits per heavy atom. The first kappa shape index (κ1) is 17.8. The van der Waals surface area contributed by atoms with Gasteiger partial charge >= 0.3 is 0 Å². The van der Waals surface area contributed by atoms with Crippen LogP contribution in [0.2, 0.25) is 18.1 Å². The fraction of sp³-hybridized carbons (Fsp3) is 0.692. The van der Waals surface area contributed by atoms with Crippen LogP contribution in [-0.4, -0.2) is 31.4 Å². The lowest BCUT2D eigenvalue weighted by Gasteiger charge is -2.32. The first-order valence-corrected chi connectivity index (χ1v) is 12.0. The van der Waals surface area contributed by atoms with E-state index in [4.69, 9.17) is 5.14 Å². The van der Waals surface area contributed by atoms with Gasteiger partial charge in [-0.15, -0.1) is 11.3 Å². The van der Waals surface area contributed by atoms with Crippen molar-refractivity contribution < 1.29 is 4.21 Å². The standard InChI is InChI=1S/C13H27N3OS2Si/c1-13(2,3)20(6,7)15-19(14,17)12-9-8-11(18-12)10-16(4)5/h8-9H,10H2,1-7H3,(H2,14,15,17). The van der Waals surface area contributed by atoms with Gasteiger partial charge in [0, 0.05) is 11.4 Å². The number of rotatable bonds is 4. The number of nitrogens with two attached hydrogens (primary N) is 1. The molecule has 4 nitrogen and oxygen atoms in total. The van der Waals surface area contributed by atoms with Crippen LogP contribution in [0.3, 0.4) is 0 Å². The molecule has 0 radical (unpaired) electrons. The highest BCUT2D eigenvalue weighted by Crippen LogP contribution is 2.38. The van der Waals surface area contributed by atoms with E-state index in [2.05, 4.69) is 42.8 Å². The van der Waals surface area contributed by atoms with Crippen molar-refractivity contribution in [1.82, 2.24) is 4.90 Å². The lowest BCUT2D eigenvalue weighted by molar-refractivity contribution is 0.406. The summed E-state index contributed by atoms with van der Waals surface area (Å²) >= 11 is 1.51. The molecule has 0 aliphatic rings. The van der Waals surface area contributed by atoms with E-state index in [1.807, 2.05) is 26.2 Å². The molecule has 0 spiro atoms. The van der Waals surface area contributed by atoms with Crippen LogP contribution in [-0.2, 0) is 16.5 Å². The van der Waals surface area contributed by atoms with E-state index >= 15 is 0 Å². The number of hydrogen-bond donors (Lipinski definition) is 1.